The molecule has 0 aliphatic carbocycles. The number of benzene rings is 2. The van der Waals surface area contributed by atoms with E-state index >= 15 is 0 Å². The quantitative estimate of drug-likeness (QED) is 0.434. The normalized spacial score (nSPS) is 10.5. The summed E-state index contributed by atoms with van der Waals surface area (Å²) in [7, 11) is 0. The standard InChI is InChI=1S/C15H12N5O/c16-14(17)9-1-3-10(4-2-9)15(21)20-11-5-6-12-13(7-11)19-8-18-12/h1-7H,(H3,16,17)(H,18,19)(H,20,21). The molecule has 1 heterocycles. The van der Waals surface area contributed by atoms with Gasteiger partial charge in [-0.3, -0.25) is 10.2 Å². The maximum atomic E-state index is 12.1. The van der Waals surface area contributed by atoms with Crippen molar-refractivity contribution in [3.8, 4) is 0 Å². The van der Waals surface area contributed by atoms with Gasteiger partial charge in [-0.05, 0) is 30.3 Å². The Morgan fingerprint density at radius 3 is 2.62 bits per heavy atom. The average Bonchev–Trinajstić information content (AvgIpc) is 2.95. The summed E-state index contributed by atoms with van der Waals surface area (Å²) < 4.78 is 0. The van der Waals surface area contributed by atoms with Crippen molar-refractivity contribution in [3.05, 3.63) is 59.9 Å². The molecule has 0 atom stereocenters. The number of nitrogens with zero attached hydrogens (tertiary/aromatic N) is 1. The molecule has 1 radical (unpaired) electrons. The molecule has 5 N–H and O–H groups in total. The van der Waals surface area contributed by atoms with Gasteiger partial charge < -0.3 is 16.0 Å². The highest BCUT2D eigenvalue weighted by atomic mass is 16.1. The van der Waals surface area contributed by atoms with Crippen LogP contribution in [0.4, 0.5) is 5.69 Å². The monoisotopic (exact) mass is 278 g/mol. The minimum atomic E-state index is -0.232. The van der Waals surface area contributed by atoms with E-state index in [-0.39, 0.29) is 11.7 Å². The number of carbonyl (C=O) groups is 1. The molecule has 3 rings (SSSR count). The van der Waals surface area contributed by atoms with Crippen molar-refractivity contribution < 1.29 is 4.79 Å². The molecule has 6 heteroatoms. The third-order valence-corrected chi connectivity index (χ3v) is 3.08. The number of carbonyl (C=O) groups excluding carboxylic acids is 1. The lowest BCUT2D eigenvalue weighted by Gasteiger charge is -2.06. The zero-order valence-corrected chi connectivity index (χ0v) is 11.0. The lowest BCUT2D eigenvalue weighted by Crippen LogP contribution is -2.14. The van der Waals surface area contributed by atoms with Gasteiger partial charge in [-0.2, -0.15) is 0 Å². The molecule has 21 heavy (non-hydrogen) atoms. The summed E-state index contributed by atoms with van der Waals surface area (Å²) in [5.74, 6) is -0.258. The van der Waals surface area contributed by atoms with E-state index in [1.807, 2.05) is 6.07 Å². The summed E-state index contributed by atoms with van der Waals surface area (Å²) in [6.07, 6.45) is 2.65. The summed E-state index contributed by atoms with van der Waals surface area (Å²) in [5, 5.41) is 10.1. The second-order valence-electron chi connectivity index (χ2n) is 4.53. The maximum Gasteiger partial charge on any atom is 0.255 e. The number of H-pyrrole nitrogens is 1. The second-order valence-corrected chi connectivity index (χ2v) is 4.53. The molecule has 1 amide bonds. The van der Waals surface area contributed by atoms with Crippen LogP contribution in [0.3, 0.4) is 0 Å². The van der Waals surface area contributed by atoms with Crippen LogP contribution in [0.15, 0.2) is 42.5 Å². The van der Waals surface area contributed by atoms with Crippen molar-refractivity contribution in [1.29, 1.82) is 5.41 Å². The van der Waals surface area contributed by atoms with Crippen molar-refractivity contribution in [1.82, 2.24) is 9.97 Å². The number of fused-ring (bicyclic) bond motifs is 1. The first-order valence-corrected chi connectivity index (χ1v) is 6.25. The minimum Gasteiger partial charge on any atom is -0.384 e. The number of imidazole rings is 1. The van der Waals surface area contributed by atoms with Crippen molar-refractivity contribution in [3.63, 3.8) is 0 Å². The van der Waals surface area contributed by atoms with Gasteiger partial charge in [-0.15, -0.1) is 0 Å². The summed E-state index contributed by atoms with van der Waals surface area (Å²) in [5.41, 5.74) is 8.71. The van der Waals surface area contributed by atoms with Gasteiger partial charge in [0.15, 0.2) is 6.33 Å². The summed E-state index contributed by atoms with van der Waals surface area (Å²) >= 11 is 0. The minimum absolute atomic E-state index is 0.0257. The van der Waals surface area contributed by atoms with Crippen LogP contribution >= 0.6 is 0 Å². The number of hydrogen-bond donors (Lipinski definition) is 4. The van der Waals surface area contributed by atoms with Gasteiger partial charge in [0.25, 0.3) is 5.91 Å². The first kappa shape index (κ1) is 12.9. The van der Waals surface area contributed by atoms with Crippen molar-refractivity contribution in [2.24, 2.45) is 5.73 Å². The second kappa shape index (κ2) is 5.09. The highest BCUT2D eigenvalue weighted by Crippen LogP contribution is 2.16. The van der Waals surface area contributed by atoms with Gasteiger partial charge in [-0.1, -0.05) is 12.1 Å². The molecule has 0 spiro atoms. The van der Waals surface area contributed by atoms with Crippen molar-refractivity contribution >= 4 is 28.5 Å². The van der Waals surface area contributed by atoms with Gasteiger partial charge in [0, 0.05) is 16.8 Å². The number of hydrogen-bond acceptors (Lipinski definition) is 3. The Bertz CT molecular complexity index is 819. The molecular weight excluding hydrogens is 266 g/mol. The molecule has 2 aromatic carbocycles. The fourth-order valence-corrected chi connectivity index (χ4v) is 1.96. The van der Waals surface area contributed by atoms with E-state index in [1.54, 1.807) is 36.4 Å². The Balaban J connectivity index is 1.80. The van der Waals surface area contributed by atoms with E-state index in [2.05, 4.69) is 21.6 Å². The van der Waals surface area contributed by atoms with E-state index in [1.165, 1.54) is 0 Å². The molecule has 3 aromatic rings. The average molecular weight is 278 g/mol. The Hall–Kier alpha value is -3.15. The highest BCUT2D eigenvalue weighted by molar-refractivity contribution is 6.05. The van der Waals surface area contributed by atoms with Crippen LogP contribution in [-0.4, -0.2) is 21.7 Å². The van der Waals surface area contributed by atoms with Crippen LogP contribution < -0.4 is 11.1 Å². The number of rotatable bonds is 3. The lowest BCUT2D eigenvalue weighted by atomic mass is 10.1. The van der Waals surface area contributed by atoms with Crippen molar-refractivity contribution in [2.75, 3.05) is 5.32 Å². The molecule has 6 nitrogen and oxygen atoms in total. The largest absolute Gasteiger partial charge is 0.384 e. The molecule has 0 unspecified atom stereocenters. The summed E-state index contributed by atoms with van der Waals surface area (Å²) in [6, 6.07) is 11.9. The van der Waals surface area contributed by atoms with Crippen LogP contribution in [0.25, 0.3) is 11.0 Å². The third kappa shape index (κ3) is 2.59. The van der Waals surface area contributed by atoms with E-state index in [9.17, 15) is 4.79 Å². The third-order valence-electron chi connectivity index (χ3n) is 3.08. The zero-order chi connectivity index (χ0) is 14.8. The van der Waals surface area contributed by atoms with Gasteiger partial charge >= 0.3 is 0 Å². The lowest BCUT2D eigenvalue weighted by molar-refractivity contribution is 0.102. The smallest absolute Gasteiger partial charge is 0.255 e. The van der Waals surface area contributed by atoms with Crippen LogP contribution in [0, 0.1) is 11.7 Å². The topological polar surface area (TPSA) is 108 Å². The Morgan fingerprint density at radius 2 is 1.90 bits per heavy atom. The van der Waals surface area contributed by atoms with Gasteiger partial charge in [0.1, 0.15) is 5.84 Å². The van der Waals surface area contributed by atoms with E-state index in [0.29, 0.717) is 16.8 Å². The Morgan fingerprint density at radius 1 is 1.19 bits per heavy atom. The van der Waals surface area contributed by atoms with Crippen molar-refractivity contribution in [2.45, 2.75) is 0 Å². The van der Waals surface area contributed by atoms with E-state index < -0.39 is 0 Å². The molecule has 0 aliphatic rings. The first-order chi connectivity index (χ1) is 10.1. The first-order valence-electron chi connectivity index (χ1n) is 6.25. The van der Waals surface area contributed by atoms with E-state index in [4.69, 9.17) is 11.1 Å². The SMILES string of the molecule is N=C(N)c1ccc(C(=O)Nc2ccc3[nH][c]nc3c2)cc1. The maximum absolute atomic E-state index is 12.1. The molecule has 0 aliphatic heterocycles. The number of anilines is 1. The predicted octanol–water partition coefficient (Wildman–Crippen LogP) is 1.90. The highest BCUT2D eigenvalue weighted by Gasteiger charge is 2.07. The Kier molecular flexibility index (Phi) is 3.12. The van der Waals surface area contributed by atoms with Gasteiger partial charge in [0.2, 0.25) is 0 Å². The molecule has 1 aromatic heterocycles. The van der Waals surface area contributed by atoms with Gasteiger partial charge in [0.05, 0.1) is 11.0 Å². The van der Waals surface area contributed by atoms with Crippen LogP contribution in [0.2, 0.25) is 0 Å². The van der Waals surface area contributed by atoms with Gasteiger partial charge in [-0.25, -0.2) is 4.98 Å². The van der Waals surface area contributed by atoms with Crippen LogP contribution in [0.5, 0.6) is 0 Å². The molecular formula is C15H12N5O. The van der Waals surface area contributed by atoms with E-state index in [0.717, 1.165) is 11.0 Å². The molecule has 103 valence electrons. The number of nitrogens with two attached hydrogens (primary N) is 1. The number of nitrogen functional groups attached to an aromatic ring is 1. The zero-order valence-electron chi connectivity index (χ0n) is 11.0. The fraction of sp³-hybridized carbons (Fsp3) is 0. The molecule has 0 bridgehead atoms. The molecule has 0 fully saturated rings. The predicted molar refractivity (Wildman–Crippen MR) is 80.3 cm³/mol. The molecule has 0 saturated heterocycles. The number of aromatic nitrogens is 2. The molecule has 0 saturated carbocycles. The summed E-state index contributed by atoms with van der Waals surface area (Å²) in [6.45, 7) is 0. The van der Waals surface area contributed by atoms with Crippen LogP contribution in [0.1, 0.15) is 15.9 Å². The summed E-state index contributed by atoms with van der Waals surface area (Å²) in [4.78, 5) is 19.0. The van der Waals surface area contributed by atoms with Crippen LogP contribution in [-0.2, 0) is 0 Å². The number of amides is 1. The number of nitrogens with one attached hydrogen (secondary N) is 3. The number of amidine groups is 1. The fourth-order valence-electron chi connectivity index (χ4n) is 1.96. The number of aromatic amines is 1. The Labute approximate surface area is 120 Å².